The van der Waals surface area contributed by atoms with E-state index in [1.54, 1.807) is 0 Å². The topological polar surface area (TPSA) is 92.9 Å². The number of carbonyl (C=O) groups is 2. The van der Waals surface area contributed by atoms with Crippen LogP contribution in [0.5, 0.6) is 0 Å². The summed E-state index contributed by atoms with van der Waals surface area (Å²) in [5.41, 5.74) is 5.41. The molecule has 92 valence electrons. The predicted molar refractivity (Wildman–Crippen MR) is 60.1 cm³/mol. The Kier molecular flexibility index (Phi) is 5.04. The van der Waals surface area contributed by atoms with E-state index in [-0.39, 0.29) is 25.0 Å². The number of carbonyl (C=O) groups excluding carboxylic acids is 1. The third-order valence-corrected chi connectivity index (χ3v) is 3.50. The Morgan fingerprint density at radius 3 is 2.88 bits per heavy atom. The standard InChI is InChI=1S/C9H16N2O4S/c1-15-6(3-10)2-8(12)11-5-16-4-7(11)9(13)14/h6-7H,2-5,10H2,1H3,(H,13,14)/t6?,7-/m0/s1. The number of thioether (sulfide) groups is 1. The highest BCUT2D eigenvalue weighted by molar-refractivity contribution is 7.99. The summed E-state index contributed by atoms with van der Waals surface area (Å²) in [5.74, 6) is -0.298. The fourth-order valence-corrected chi connectivity index (χ4v) is 2.64. The number of carboxylic acid groups (broad SMARTS) is 1. The molecule has 0 aromatic heterocycles. The Labute approximate surface area is 98.1 Å². The molecular weight excluding hydrogens is 232 g/mol. The normalized spacial score (nSPS) is 22.1. The van der Waals surface area contributed by atoms with E-state index in [4.69, 9.17) is 15.6 Å². The second-order valence-corrected chi connectivity index (χ2v) is 4.51. The van der Waals surface area contributed by atoms with Crippen molar-refractivity contribution in [2.45, 2.75) is 18.6 Å². The molecule has 0 saturated carbocycles. The lowest BCUT2D eigenvalue weighted by Gasteiger charge is -2.22. The van der Waals surface area contributed by atoms with Crippen molar-refractivity contribution in [1.82, 2.24) is 4.90 Å². The first-order chi connectivity index (χ1) is 7.60. The summed E-state index contributed by atoms with van der Waals surface area (Å²) in [6, 6.07) is -0.715. The molecule has 0 aromatic rings. The molecule has 0 aliphatic carbocycles. The van der Waals surface area contributed by atoms with Crippen molar-refractivity contribution in [3.63, 3.8) is 0 Å². The molecule has 1 saturated heterocycles. The van der Waals surface area contributed by atoms with E-state index in [1.165, 1.54) is 23.8 Å². The number of carboxylic acids is 1. The minimum Gasteiger partial charge on any atom is -0.480 e. The van der Waals surface area contributed by atoms with Crippen molar-refractivity contribution in [1.29, 1.82) is 0 Å². The van der Waals surface area contributed by atoms with Gasteiger partial charge in [0.1, 0.15) is 6.04 Å². The fourth-order valence-electron chi connectivity index (χ4n) is 1.47. The lowest BCUT2D eigenvalue weighted by molar-refractivity contribution is -0.148. The zero-order valence-electron chi connectivity index (χ0n) is 9.09. The Morgan fingerprint density at radius 1 is 1.69 bits per heavy atom. The van der Waals surface area contributed by atoms with Crippen LogP contribution in [0, 0.1) is 0 Å². The number of aliphatic carboxylic acids is 1. The molecule has 7 heteroatoms. The molecule has 0 bridgehead atoms. The van der Waals surface area contributed by atoms with Crippen LogP contribution in [0.3, 0.4) is 0 Å². The first-order valence-electron chi connectivity index (χ1n) is 4.93. The maximum Gasteiger partial charge on any atom is 0.327 e. The molecule has 1 heterocycles. The van der Waals surface area contributed by atoms with Crippen molar-refractivity contribution in [3.8, 4) is 0 Å². The molecule has 1 amide bonds. The Bertz CT molecular complexity index is 270. The van der Waals surface area contributed by atoms with E-state index >= 15 is 0 Å². The Morgan fingerprint density at radius 2 is 2.38 bits per heavy atom. The molecule has 2 atom stereocenters. The molecule has 1 aliphatic heterocycles. The molecule has 1 rings (SSSR count). The number of hydrogen-bond acceptors (Lipinski definition) is 5. The lowest BCUT2D eigenvalue weighted by Crippen LogP contribution is -2.43. The third kappa shape index (κ3) is 3.10. The lowest BCUT2D eigenvalue weighted by atomic mass is 10.2. The molecule has 0 radical (unpaired) electrons. The summed E-state index contributed by atoms with van der Waals surface area (Å²) in [5, 5.41) is 8.92. The summed E-state index contributed by atoms with van der Waals surface area (Å²) in [4.78, 5) is 24.0. The summed E-state index contributed by atoms with van der Waals surface area (Å²) in [6.45, 7) is 0.251. The zero-order valence-corrected chi connectivity index (χ0v) is 9.90. The van der Waals surface area contributed by atoms with Crippen molar-refractivity contribution >= 4 is 23.6 Å². The van der Waals surface area contributed by atoms with Gasteiger partial charge in [0.15, 0.2) is 0 Å². The average Bonchev–Trinajstić information content (AvgIpc) is 2.74. The van der Waals surface area contributed by atoms with Gasteiger partial charge in [-0.2, -0.15) is 0 Å². The van der Waals surface area contributed by atoms with Gasteiger partial charge in [-0.25, -0.2) is 4.79 Å². The second-order valence-electron chi connectivity index (χ2n) is 3.51. The maximum absolute atomic E-state index is 11.8. The van der Waals surface area contributed by atoms with Crippen molar-refractivity contribution in [2.24, 2.45) is 5.73 Å². The van der Waals surface area contributed by atoms with Crippen molar-refractivity contribution < 1.29 is 19.4 Å². The van der Waals surface area contributed by atoms with E-state index in [0.29, 0.717) is 11.6 Å². The van der Waals surface area contributed by atoms with E-state index in [2.05, 4.69) is 0 Å². The van der Waals surface area contributed by atoms with Crippen LogP contribution >= 0.6 is 11.8 Å². The van der Waals surface area contributed by atoms with E-state index < -0.39 is 12.0 Å². The molecule has 1 unspecified atom stereocenters. The van der Waals surface area contributed by atoms with Crippen LogP contribution in [0.4, 0.5) is 0 Å². The molecule has 1 aliphatic rings. The number of amides is 1. The molecular formula is C9H16N2O4S. The highest BCUT2D eigenvalue weighted by atomic mass is 32.2. The second kappa shape index (κ2) is 6.07. The highest BCUT2D eigenvalue weighted by Gasteiger charge is 2.34. The van der Waals surface area contributed by atoms with Crippen LogP contribution in [0.2, 0.25) is 0 Å². The molecule has 6 nitrogen and oxygen atoms in total. The Hall–Kier alpha value is -0.790. The van der Waals surface area contributed by atoms with Crippen LogP contribution < -0.4 is 5.73 Å². The van der Waals surface area contributed by atoms with Gasteiger partial charge in [0.05, 0.1) is 18.4 Å². The molecule has 0 spiro atoms. The van der Waals surface area contributed by atoms with E-state index in [0.717, 1.165) is 0 Å². The molecule has 0 aromatic carbocycles. The summed E-state index contributed by atoms with van der Waals surface area (Å²) >= 11 is 1.44. The number of ether oxygens (including phenoxy) is 1. The highest BCUT2D eigenvalue weighted by Crippen LogP contribution is 2.22. The van der Waals surface area contributed by atoms with Crippen molar-refractivity contribution in [2.75, 3.05) is 25.3 Å². The Balaban J connectivity index is 2.56. The summed E-state index contributed by atoms with van der Waals surface area (Å²) < 4.78 is 5.00. The summed E-state index contributed by atoms with van der Waals surface area (Å²) in [7, 11) is 1.48. The van der Waals surface area contributed by atoms with Crippen LogP contribution in [0.1, 0.15) is 6.42 Å². The minimum absolute atomic E-state index is 0.136. The molecule has 16 heavy (non-hydrogen) atoms. The first kappa shape index (κ1) is 13.3. The molecule has 1 fully saturated rings. The zero-order chi connectivity index (χ0) is 12.1. The number of methoxy groups -OCH3 is 1. The fraction of sp³-hybridized carbons (Fsp3) is 0.778. The minimum atomic E-state index is -0.958. The average molecular weight is 248 g/mol. The largest absolute Gasteiger partial charge is 0.480 e. The van der Waals surface area contributed by atoms with Gasteiger partial charge >= 0.3 is 5.97 Å². The van der Waals surface area contributed by atoms with Crippen molar-refractivity contribution in [3.05, 3.63) is 0 Å². The van der Waals surface area contributed by atoms with Gasteiger partial charge < -0.3 is 20.5 Å². The van der Waals surface area contributed by atoms with Crippen LogP contribution in [-0.2, 0) is 14.3 Å². The smallest absolute Gasteiger partial charge is 0.327 e. The SMILES string of the molecule is COC(CN)CC(=O)N1CSC[C@H]1C(=O)O. The predicted octanol–water partition coefficient (Wildman–Crippen LogP) is -0.664. The van der Waals surface area contributed by atoms with Crippen LogP contribution in [0.15, 0.2) is 0 Å². The van der Waals surface area contributed by atoms with Gasteiger partial charge in [-0.1, -0.05) is 0 Å². The first-order valence-corrected chi connectivity index (χ1v) is 6.08. The molecule has 3 N–H and O–H groups in total. The van der Waals surface area contributed by atoms with E-state index in [9.17, 15) is 9.59 Å². The van der Waals surface area contributed by atoms with Gasteiger partial charge in [-0.05, 0) is 0 Å². The summed E-state index contributed by atoms with van der Waals surface area (Å²) in [6.07, 6.45) is -0.204. The monoisotopic (exact) mass is 248 g/mol. The van der Waals surface area contributed by atoms with Gasteiger partial charge in [-0.15, -0.1) is 11.8 Å². The van der Waals surface area contributed by atoms with E-state index in [1.807, 2.05) is 0 Å². The quantitative estimate of drug-likeness (QED) is 0.670. The van der Waals surface area contributed by atoms with Gasteiger partial charge in [-0.3, -0.25) is 4.79 Å². The third-order valence-electron chi connectivity index (χ3n) is 2.49. The maximum atomic E-state index is 11.8. The number of nitrogens with zero attached hydrogens (tertiary/aromatic N) is 1. The van der Waals surface area contributed by atoms with Gasteiger partial charge in [0.2, 0.25) is 5.91 Å². The van der Waals surface area contributed by atoms with Crippen LogP contribution in [0.25, 0.3) is 0 Å². The van der Waals surface area contributed by atoms with Gasteiger partial charge in [0.25, 0.3) is 0 Å². The number of hydrogen-bond donors (Lipinski definition) is 2. The number of rotatable bonds is 5. The van der Waals surface area contributed by atoms with Crippen LogP contribution in [-0.4, -0.2) is 59.3 Å². The van der Waals surface area contributed by atoms with Gasteiger partial charge in [0, 0.05) is 19.4 Å². The number of nitrogens with two attached hydrogens (primary N) is 1.